The molecule has 0 saturated heterocycles. The van der Waals surface area contributed by atoms with Crippen molar-refractivity contribution in [2.75, 3.05) is 0 Å². The molecule has 0 spiro atoms. The Kier molecular flexibility index (Phi) is 6.66. The first-order chi connectivity index (χ1) is 16.6. The van der Waals surface area contributed by atoms with Gasteiger partial charge in [0.25, 0.3) is 0 Å². The number of hydrogen-bond acceptors (Lipinski definition) is 6. The number of carboxylic acid groups (broad SMARTS) is 1. The molecule has 4 rings (SSSR count). The molecule has 3 aromatic carbocycles. The minimum Gasteiger partial charge on any atom is -0.481 e. The van der Waals surface area contributed by atoms with Crippen LogP contribution >= 0.6 is 11.3 Å². The van der Waals surface area contributed by atoms with Crippen LogP contribution in [0.25, 0.3) is 21.9 Å². The van der Waals surface area contributed by atoms with Gasteiger partial charge in [0.1, 0.15) is 10.8 Å². The molecule has 0 aliphatic carbocycles. The monoisotopic (exact) mass is 488 g/mol. The van der Waals surface area contributed by atoms with Crippen LogP contribution in [0.5, 0.6) is 11.5 Å². The Morgan fingerprint density at radius 2 is 1.83 bits per heavy atom. The van der Waals surface area contributed by atoms with Crippen LogP contribution in [-0.4, -0.2) is 21.0 Å². The number of fused-ring (bicyclic) bond motifs is 1. The summed E-state index contributed by atoms with van der Waals surface area (Å²) in [6.07, 6.45) is 1.37. The highest BCUT2D eigenvalue weighted by Crippen LogP contribution is 2.35. The molecule has 0 unspecified atom stereocenters. The fourth-order valence-corrected chi connectivity index (χ4v) is 4.54. The number of rotatable bonds is 7. The average molecular weight is 489 g/mol. The van der Waals surface area contributed by atoms with Gasteiger partial charge in [0.05, 0.1) is 21.6 Å². The Bertz CT molecular complexity index is 1400. The minimum atomic E-state index is -1.01. The highest BCUT2D eigenvalue weighted by Gasteiger charge is 2.19. The van der Waals surface area contributed by atoms with Crippen LogP contribution < -0.4 is 4.74 Å². The number of hydrogen-bond donors (Lipinski definition) is 1. The van der Waals surface area contributed by atoms with Gasteiger partial charge in [-0.2, -0.15) is 0 Å². The molecule has 0 radical (unpaired) electrons. The Morgan fingerprint density at radius 3 is 2.46 bits per heavy atom. The van der Waals surface area contributed by atoms with Crippen molar-refractivity contribution >= 4 is 44.9 Å². The van der Waals surface area contributed by atoms with Crippen molar-refractivity contribution < 1.29 is 19.6 Å². The van der Waals surface area contributed by atoms with Crippen LogP contribution in [0, 0.1) is 10.1 Å². The molecule has 0 bridgehead atoms. The van der Waals surface area contributed by atoms with Crippen LogP contribution in [0.2, 0.25) is 0 Å². The molecule has 178 valence electrons. The molecule has 8 heteroatoms. The maximum Gasteiger partial charge on any atom is 0.312 e. The van der Waals surface area contributed by atoms with Crippen molar-refractivity contribution in [2.45, 2.75) is 32.6 Å². The van der Waals surface area contributed by atoms with E-state index in [1.807, 2.05) is 36.4 Å². The van der Waals surface area contributed by atoms with Gasteiger partial charge >= 0.3 is 11.7 Å². The number of nitrogens with zero attached hydrogens (tertiary/aromatic N) is 2. The number of nitro benzene ring substituents is 1. The van der Waals surface area contributed by atoms with E-state index in [1.165, 1.54) is 23.5 Å². The van der Waals surface area contributed by atoms with Crippen molar-refractivity contribution in [1.29, 1.82) is 0 Å². The van der Waals surface area contributed by atoms with Gasteiger partial charge in [-0.25, -0.2) is 4.98 Å². The largest absolute Gasteiger partial charge is 0.481 e. The number of aromatic nitrogens is 1. The van der Waals surface area contributed by atoms with Gasteiger partial charge in [-0.15, -0.1) is 11.3 Å². The third-order valence-electron chi connectivity index (χ3n) is 5.38. The Hall–Kier alpha value is -4.04. The van der Waals surface area contributed by atoms with Gasteiger partial charge in [-0.1, -0.05) is 51.1 Å². The number of nitro groups is 1. The molecular formula is C27H24N2O5S. The normalized spacial score (nSPS) is 12.0. The van der Waals surface area contributed by atoms with Crippen LogP contribution in [0.1, 0.15) is 43.3 Å². The highest BCUT2D eigenvalue weighted by molar-refractivity contribution is 7.19. The average Bonchev–Trinajstić information content (AvgIpc) is 3.23. The molecule has 35 heavy (non-hydrogen) atoms. The summed E-state index contributed by atoms with van der Waals surface area (Å²) in [6, 6.07) is 19.6. The second-order valence-electron chi connectivity index (χ2n) is 9.09. The maximum atomic E-state index is 11.8. The first-order valence-corrected chi connectivity index (χ1v) is 11.8. The Morgan fingerprint density at radius 1 is 1.11 bits per heavy atom. The lowest BCUT2D eigenvalue weighted by molar-refractivity contribution is -0.385. The van der Waals surface area contributed by atoms with Crippen molar-refractivity contribution in [3.8, 4) is 11.5 Å². The lowest BCUT2D eigenvalue weighted by Crippen LogP contribution is -2.10. The molecule has 0 aliphatic rings. The van der Waals surface area contributed by atoms with Crippen molar-refractivity contribution in [3.63, 3.8) is 0 Å². The van der Waals surface area contributed by atoms with Gasteiger partial charge in [0, 0.05) is 6.07 Å². The number of carbonyl (C=O) groups is 1. The zero-order valence-electron chi connectivity index (χ0n) is 19.5. The smallest absolute Gasteiger partial charge is 0.312 e. The number of ether oxygens (including phenoxy) is 1. The number of aliphatic carboxylic acids is 1. The Labute approximate surface area is 206 Å². The molecule has 1 aromatic heterocycles. The maximum absolute atomic E-state index is 11.8. The van der Waals surface area contributed by atoms with Crippen LogP contribution in [0.3, 0.4) is 0 Å². The summed E-state index contributed by atoms with van der Waals surface area (Å²) in [5.41, 5.74) is 2.63. The first kappa shape index (κ1) is 24.1. The molecule has 0 amide bonds. The summed E-state index contributed by atoms with van der Waals surface area (Å²) in [6.45, 7) is 6.31. The topological polar surface area (TPSA) is 103 Å². The minimum absolute atomic E-state index is 0.0184. The number of carboxylic acids is 1. The highest BCUT2D eigenvalue weighted by atomic mass is 32.1. The molecule has 4 aromatic rings. The molecular weight excluding hydrogens is 464 g/mol. The molecule has 7 nitrogen and oxygen atoms in total. The van der Waals surface area contributed by atoms with E-state index in [1.54, 1.807) is 24.3 Å². The van der Waals surface area contributed by atoms with Gasteiger partial charge in [0.2, 0.25) is 5.75 Å². The van der Waals surface area contributed by atoms with Gasteiger partial charge in [-0.05, 0) is 58.5 Å². The van der Waals surface area contributed by atoms with Crippen molar-refractivity contribution in [3.05, 3.63) is 93.0 Å². The van der Waals surface area contributed by atoms with E-state index in [4.69, 9.17) is 4.74 Å². The zero-order valence-corrected chi connectivity index (χ0v) is 20.3. The lowest BCUT2D eigenvalue weighted by Gasteiger charge is -2.19. The molecule has 0 aliphatic heterocycles. The van der Waals surface area contributed by atoms with E-state index in [2.05, 4.69) is 25.8 Å². The standard InChI is InChI=1S/C27H24N2O5S/c1-27(2,3)19-9-11-20(12-10-19)34-23-13-8-17(15-22(23)29(32)33)14-18(16-25(30)31)26-28-21-6-4-5-7-24(21)35-26/h4-15H,16H2,1-3H3,(H,30,31). The molecule has 1 N–H and O–H groups in total. The molecule has 0 atom stereocenters. The zero-order chi connectivity index (χ0) is 25.2. The van der Waals surface area contributed by atoms with E-state index in [-0.39, 0.29) is 23.3 Å². The third kappa shape index (κ3) is 5.73. The van der Waals surface area contributed by atoms with Crippen molar-refractivity contribution in [1.82, 2.24) is 4.98 Å². The second kappa shape index (κ2) is 9.68. The SMILES string of the molecule is CC(C)(C)c1ccc(Oc2ccc(C=C(CC(=O)O)c3nc4ccccc4s3)cc2[N+](=O)[O-])cc1. The Balaban J connectivity index is 1.68. The summed E-state index contributed by atoms with van der Waals surface area (Å²) in [5.74, 6) is -0.412. The summed E-state index contributed by atoms with van der Waals surface area (Å²) in [7, 11) is 0. The predicted octanol–water partition coefficient (Wildman–Crippen LogP) is 7.31. The number of thiazole rings is 1. The van der Waals surface area contributed by atoms with E-state index >= 15 is 0 Å². The first-order valence-electron chi connectivity index (χ1n) is 11.0. The predicted molar refractivity (Wildman–Crippen MR) is 138 cm³/mol. The van der Waals surface area contributed by atoms with Crippen LogP contribution in [0.15, 0.2) is 66.7 Å². The summed E-state index contributed by atoms with van der Waals surface area (Å²) < 4.78 is 6.76. The summed E-state index contributed by atoms with van der Waals surface area (Å²) in [4.78, 5) is 27.4. The van der Waals surface area contributed by atoms with E-state index in [9.17, 15) is 20.0 Å². The quantitative estimate of drug-likeness (QED) is 0.216. The van der Waals surface area contributed by atoms with Gasteiger partial charge in [-0.3, -0.25) is 14.9 Å². The van der Waals surface area contributed by atoms with E-state index in [0.717, 1.165) is 15.8 Å². The van der Waals surface area contributed by atoms with E-state index < -0.39 is 10.9 Å². The lowest BCUT2D eigenvalue weighted by atomic mass is 9.87. The fraction of sp³-hybridized carbons (Fsp3) is 0.185. The van der Waals surface area contributed by atoms with Gasteiger partial charge in [0.15, 0.2) is 0 Å². The molecule has 0 fully saturated rings. The summed E-state index contributed by atoms with van der Waals surface area (Å²) >= 11 is 1.38. The van der Waals surface area contributed by atoms with Crippen molar-refractivity contribution in [2.24, 2.45) is 0 Å². The molecule has 0 saturated carbocycles. The summed E-state index contributed by atoms with van der Waals surface area (Å²) in [5, 5.41) is 21.8. The number of benzene rings is 3. The van der Waals surface area contributed by atoms with E-state index in [0.29, 0.717) is 21.9 Å². The van der Waals surface area contributed by atoms with Crippen LogP contribution in [-0.2, 0) is 10.2 Å². The third-order valence-corrected chi connectivity index (χ3v) is 6.49. The van der Waals surface area contributed by atoms with Crippen LogP contribution in [0.4, 0.5) is 5.69 Å². The van der Waals surface area contributed by atoms with Gasteiger partial charge < -0.3 is 9.84 Å². The fourth-order valence-electron chi connectivity index (χ4n) is 3.57. The number of para-hydroxylation sites is 1. The molecule has 1 heterocycles. The second-order valence-corrected chi connectivity index (χ2v) is 10.1.